The van der Waals surface area contributed by atoms with Crippen LogP contribution in [0.1, 0.15) is 32.0 Å². The lowest BCUT2D eigenvalue weighted by Crippen LogP contribution is -2.31. The standard InChI is InChI=1S/C16H17N3O6S/c1-8-9(2)18-19(3)15(21)13(8)14(20)17-11-5-10(16(22)23)6-12(7-11)26(4,24)25/h5-7H,1-4H3,(H,17,20)(H,22,23). The highest BCUT2D eigenvalue weighted by Crippen LogP contribution is 2.20. The summed E-state index contributed by atoms with van der Waals surface area (Å²) in [7, 11) is -2.30. The fourth-order valence-electron chi connectivity index (χ4n) is 2.32. The fraction of sp³-hybridized carbons (Fsp3) is 0.250. The number of nitrogens with one attached hydrogen (secondary N) is 1. The average Bonchev–Trinajstić information content (AvgIpc) is 2.52. The minimum atomic E-state index is -3.70. The molecule has 0 radical (unpaired) electrons. The quantitative estimate of drug-likeness (QED) is 0.800. The Hall–Kier alpha value is -3.01. The molecule has 0 saturated carbocycles. The number of carbonyl (C=O) groups is 2. The lowest BCUT2D eigenvalue weighted by Gasteiger charge is -2.11. The van der Waals surface area contributed by atoms with Crippen molar-refractivity contribution in [1.82, 2.24) is 9.78 Å². The minimum Gasteiger partial charge on any atom is -0.478 e. The molecule has 0 spiro atoms. The van der Waals surface area contributed by atoms with Crippen molar-refractivity contribution in [3.8, 4) is 0 Å². The van der Waals surface area contributed by atoms with E-state index in [1.54, 1.807) is 13.8 Å². The Kier molecular flexibility index (Phi) is 4.99. The van der Waals surface area contributed by atoms with Gasteiger partial charge in [-0.3, -0.25) is 9.59 Å². The van der Waals surface area contributed by atoms with Gasteiger partial charge in [0.15, 0.2) is 9.84 Å². The van der Waals surface area contributed by atoms with Crippen molar-refractivity contribution in [3.63, 3.8) is 0 Å². The first-order chi connectivity index (χ1) is 11.9. The molecule has 0 bridgehead atoms. The molecule has 10 heteroatoms. The topological polar surface area (TPSA) is 135 Å². The first kappa shape index (κ1) is 19.3. The van der Waals surface area contributed by atoms with E-state index in [4.69, 9.17) is 5.11 Å². The number of amides is 1. The Morgan fingerprint density at radius 3 is 2.35 bits per heavy atom. The normalized spacial score (nSPS) is 11.2. The number of rotatable bonds is 4. The third kappa shape index (κ3) is 3.80. The van der Waals surface area contributed by atoms with Gasteiger partial charge in [0.25, 0.3) is 11.5 Å². The van der Waals surface area contributed by atoms with E-state index in [-0.39, 0.29) is 21.7 Å². The zero-order chi connectivity index (χ0) is 19.8. The third-order valence-electron chi connectivity index (χ3n) is 3.79. The second-order valence-electron chi connectivity index (χ2n) is 5.79. The van der Waals surface area contributed by atoms with E-state index in [1.807, 2.05) is 0 Å². The van der Waals surface area contributed by atoms with Crippen LogP contribution < -0.4 is 10.9 Å². The van der Waals surface area contributed by atoms with Crippen molar-refractivity contribution in [1.29, 1.82) is 0 Å². The van der Waals surface area contributed by atoms with E-state index >= 15 is 0 Å². The van der Waals surface area contributed by atoms with Gasteiger partial charge in [0.05, 0.1) is 16.2 Å². The van der Waals surface area contributed by atoms with Crippen molar-refractivity contribution in [3.05, 3.63) is 50.9 Å². The summed E-state index contributed by atoms with van der Waals surface area (Å²) in [6.07, 6.45) is 0.922. The number of anilines is 1. The van der Waals surface area contributed by atoms with E-state index < -0.39 is 27.3 Å². The Bertz CT molecular complexity index is 1090. The zero-order valence-corrected chi connectivity index (χ0v) is 15.3. The maximum absolute atomic E-state index is 12.6. The van der Waals surface area contributed by atoms with Gasteiger partial charge in [-0.05, 0) is 37.6 Å². The molecule has 138 valence electrons. The average molecular weight is 379 g/mol. The summed E-state index contributed by atoms with van der Waals surface area (Å²) in [5.74, 6) is -2.13. The summed E-state index contributed by atoms with van der Waals surface area (Å²) in [5, 5.41) is 15.5. The maximum atomic E-state index is 12.6. The highest BCUT2D eigenvalue weighted by Gasteiger charge is 2.20. The largest absolute Gasteiger partial charge is 0.478 e. The number of benzene rings is 1. The summed E-state index contributed by atoms with van der Waals surface area (Å²) in [6, 6.07) is 3.24. The van der Waals surface area contributed by atoms with Gasteiger partial charge in [-0.2, -0.15) is 5.10 Å². The van der Waals surface area contributed by atoms with Crippen LogP contribution in [-0.2, 0) is 16.9 Å². The van der Waals surface area contributed by atoms with Crippen LogP contribution in [0.2, 0.25) is 0 Å². The molecule has 0 fully saturated rings. The van der Waals surface area contributed by atoms with Gasteiger partial charge < -0.3 is 10.4 Å². The molecule has 1 amide bonds. The van der Waals surface area contributed by atoms with Crippen LogP contribution in [0.3, 0.4) is 0 Å². The molecule has 9 nitrogen and oxygen atoms in total. The van der Waals surface area contributed by atoms with Gasteiger partial charge in [0.1, 0.15) is 5.56 Å². The van der Waals surface area contributed by atoms with E-state index in [1.165, 1.54) is 7.05 Å². The minimum absolute atomic E-state index is 0.0498. The van der Waals surface area contributed by atoms with Crippen molar-refractivity contribution in [2.24, 2.45) is 7.05 Å². The van der Waals surface area contributed by atoms with Gasteiger partial charge in [-0.1, -0.05) is 0 Å². The number of aromatic nitrogens is 2. The number of aromatic carboxylic acids is 1. The van der Waals surface area contributed by atoms with Gasteiger partial charge in [0.2, 0.25) is 0 Å². The predicted octanol–water partition coefficient (Wildman–Crippen LogP) is 0.751. The molecule has 26 heavy (non-hydrogen) atoms. The van der Waals surface area contributed by atoms with Gasteiger partial charge in [-0.25, -0.2) is 17.9 Å². The lowest BCUT2D eigenvalue weighted by atomic mass is 10.1. The number of carboxylic acid groups (broad SMARTS) is 1. The van der Waals surface area contributed by atoms with Gasteiger partial charge >= 0.3 is 5.97 Å². The van der Waals surface area contributed by atoms with Crippen LogP contribution in [0.15, 0.2) is 27.9 Å². The van der Waals surface area contributed by atoms with Crippen LogP contribution in [0, 0.1) is 13.8 Å². The summed E-state index contributed by atoms with van der Waals surface area (Å²) in [4.78, 5) is 35.7. The summed E-state index contributed by atoms with van der Waals surface area (Å²) in [5.41, 5.74) is -0.272. The van der Waals surface area contributed by atoms with Gasteiger partial charge in [-0.15, -0.1) is 0 Å². The van der Waals surface area contributed by atoms with Crippen molar-refractivity contribution in [2.45, 2.75) is 18.7 Å². The molecule has 2 aromatic rings. The Labute approximate surface area is 149 Å². The van der Waals surface area contributed by atoms with Crippen LogP contribution in [0.25, 0.3) is 0 Å². The number of aryl methyl sites for hydroxylation is 2. The molecule has 2 N–H and O–H groups in total. The monoisotopic (exact) mass is 379 g/mol. The number of carbonyl (C=O) groups excluding carboxylic acids is 1. The molecular formula is C16H17N3O6S. The van der Waals surface area contributed by atoms with Crippen LogP contribution >= 0.6 is 0 Å². The van der Waals surface area contributed by atoms with Crippen molar-refractivity contribution < 1.29 is 23.1 Å². The summed E-state index contributed by atoms with van der Waals surface area (Å²) in [6.45, 7) is 3.20. The molecule has 1 aromatic heterocycles. The molecule has 1 aromatic carbocycles. The molecule has 0 saturated heterocycles. The second kappa shape index (κ2) is 6.71. The molecule has 0 aliphatic rings. The van der Waals surface area contributed by atoms with Crippen LogP contribution in [0.5, 0.6) is 0 Å². The number of carboxylic acids is 1. The number of hydrogen-bond acceptors (Lipinski definition) is 6. The molecule has 0 unspecified atom stereocenters. The molecule has 0 aliphatic heterocycles. The van der Waals surface area contributed by atoms with Crippen LogP contribution in [0.4, 0.5) is 5.69 Å². The lowest BCUT2D eigenvalue weighted by molar-refractivity contribution is 0.0696. The van der Waals surface area contributed by atoms with Crippen LogP contribution in [-0.4, -0.2) is 41.4 Å². The molecular weight excluding hydrogens is 362 g/mol. The van der Waals surface area contributed by atoms with E-state index in [9.17, 15) is 22.8 Å². The summed E-state index contributed by atoms with van der Waals surface area (Å²) >= 11 is 0. The highest BCUT2D eigenvalue weighted by molar-refractivity contribution is 7.90. The van der Waals surface area contributed by atoms with E-state index in [0.29, 0.717) is 11.3 Å². The predicted molar refractivity (Wildman–Crippen MR) is 93.4 cm³/mol. The smallest absolute Gasteiger partial charge is 0.335 e. The Morgan fingerprint density at radius 1 is 1.19 bits per heavy atom. The molecule has 0 atom stereocenters. The third-order valence-corrected chi connectivity index (χ3v) is 4.88. The fourth-order valence-corrected chi connectivity index (χ4v) is 3.00. The van der Waals surface area contributed by atoms with E-state index in [0.717, 1.165) is 29.1 Å². The van der Waals surface area contributed by atoms with Crippen molar-refractivity contribution >= 4 is 27.4 Å². The SMILES string of the molecule is Cc1nn(C)c(=O)c(C(=O)Nc2cc(C(=O)O)cc(S(C)(=O)=O)c2)c1C. The molecule has 0 aliphatic carbocycles. The number of hydrogen-bond donors (Lipinski definition) is 2. The second-order valence-corrected chi connectivity index (χ2v) is 7.81. The zero-order valence-electron chi connectivity index (χ0n) is 14.5. The first-order valence-electron chi connectivity index (χ1n) is 7.36. The Balaban J connectivity index is 2.56. The maximum Gasteiger partial charge on any atom is 0.335 e. The number of sulfone groups is 1. The number of nitrogens with zero attached hydrogens (tertiary/aromatic N) is 2. The molecule has 1 heterocycles. The summed E-state index contributed by atoms with van der Waals surface area (Å²) < 4.78 is 24.5. The van der Waals surface area contributed by atoms with Gasteiger partial charge in [0, 0.05) is 19.0 Å². The molecule has 2 rings (SSSR count). The van der Waals surface area contributed by atoms with E-state index in [2.05, 4.69) is 10.4 Å². The first-order valence-corrected chi connectivity index (χ1v) is 9.25. The highest BCUT2D eigenvalue weighted by atomic mass is 32.2. The van der Waals surface area contributed by atoms with Crippen molar-refractivity contribution in [2.75, 3.05) is 11.6 Å². The Morgan fingerprint density at radius 2 is 1.81 bits per heavy atom.